The molecule has 0 saturated heterocycles. The van der Waals surface area contributed by atoms with Gasteiger partial charge in [-0.05, 0) is 69.8 Å². The van der Waals surface area contributed by atoms with Crippen LogP contribution in [0.3, 0.4) is 0 Å². The molecule has 3 N–H and O–H groups in total. The van der Waals surface area contributed by atoms with Crippen LogP contribution >= 0.6 is 11.3 Å². The fourth-order valence-electron chi connectivity index (χ4n) is 4.30. The number of sulfonamides is 1. The van der Waals surface area contributed by atoms with Crippen molar-refractivity contribution in [3.8, 4) is 5.75 Å². The highest BCUT2D eigenvalue weighted by molar-refractivity contribution is 7.94. The summed E-state index contributed by atoms with van der Waals surface area (Å²) in [6.07, 6.45) is 2.33. The van der Waals surface area contributed by atoms with Crippen molar-refractivity contribution in [1.29, 1.82) is 0 Å². The molecule has 1 aliphatic heterocycles. The number of hydrogen-bond donors (Lipinski definition) is 3. The smallest absolute Gasteiger partial charge is 0.271 e. The van der Waals surface area contributed by atoms with Crippen molar-refractivity contribution in [3.05, 3.63) is 41.3 Å². The van der Waals surface area contributed by atoms with E-state index in [0.717, 1.165) is 30.6 Å². The zero-order valence-corrected chi connectivity index (χ0v) is 23.6. The first-order valence-corrected chi connectivity index (χ1v) is 15.1. The second kappa shape index (κ2) is 13.6. The lowest BCUT2D eigenvalue weighted by Crippen LogP contribution is -2.47. The second-order valence-electron chi connectivity index (χ2n) is 9.61. The van der Waals surface area contributed by atoms with Gasteiger partial charge in [0.15, 0.2) is 0 Å². The number of carbonyl (C=O) groups excluding carboxylic acids is 1. The van der Waals surface area contributed by atoms with Crippen LogP contribution in [0.1, 0.15) is 50.4 Å². The van der Waals surface area contributed by atoms with E-state index in [0.29, 0.717) is 25.4 Å². The summed E-state index contributed by atoms with van der Waals surface area (Å²) in [7, 11) is -1.92. The quantitative estimate of drug-likeness (QED) is 0.480. The normalized spacial score (nSPS) is 23.0. The summed E-state index contributed by atoms with van der Waals surface area (Å²) in [5.74, 6) is 0.0321. The molecule has 4 atom stereocenters. The van der Waals surface area contributed by atoms with E-state index in [2.05, 4.69) is 10.0 Å². The molecule has 0 saturated carbocycles. The summed E-state index contributed by atoms with van der Waals surface area (Å²) in [5.41, 5.74) is 0.507. The zero-order chi connectivity index (χ0) is 27.0. The first kappa shape index (κ1) is 29.4. The van der Waals surface area contributed by atoms with Crippen LogP contribution in [0.5, 0.6) is 5.75 Å². The number of amides is 1. The van der Waals surface area contributed by atoms with Gasteiger partial charge < -0.3 is 24.8 Å². The highest BCUT2D eigenvalue weighted by Gasteiger charge is 2.30. The Morgan fingerprint density at radius 3 is 2.70 bits per heavy atom. The van der Waals surface area contributed by atoms with Crippen molar-refractivity contribution in [2.24, 2.45) is 5.92 Å². The SMILES string of the molecule is CNC[C@H]1OCCCC[C@H](C)Oc2ccc(NS(=O)(=O)c3cccs3)cc2C(=O)N([C@H](C)CO)C[C@@H]1C. The summed E-state index contributed by atoms with van der Waals surface area (Å²) in [4.78, 5) is 15.6. The Labute approximate surface area is 224 Å². The lowest BCUT2D eigenvalue weighted by atomic mass is 10.0. The highest BCUT2D eigenvalue weighted by Crippen LogP contribution is 2.30. The van der Waals surface area contributed by atoms with Gasteiger partial charge in [0.05, 0.1) is 30.4 Å². The molecule has 1 aromatic carbocycles. The maximum Gasteiger partial charge on any atom is 0.271 e. The summed E-state index contributed by atoms with van der Waals surface area (Å²) < 4.78 is 40.8. The van der Waals surface area contributed by atoms with Gasteiger partial charge in [-0.25, -0.2) is 8.42 Å². The highest BCUT2D eigenvalue weighted by atomic mass is 32.2. The van der Waals surface area contributed by atoms with E-state index in [1.54, 1.807) is 35.4 Å². The third kappa shape index (κ3) is 7.90. The van der Waals surface area contributed by atoms with Gasteiger partial charge in [-0.3, -0.25) is 9.52 Å². The topological polar surface area (TPSA) is 117 Å². The minimum absolute atomic E-state index is 0.0165. The van der Waals surface area contributed by atoms with E-state index in [9.17, 15) is 18.3 Å². The number of hydrogen-bond acceptors (Lipinski definition) is 8. The molecule has 37 heavy (non-hydrogen) atoms. The average molecular weight is 554 g/mol. The predicted molar refractivity (Wildman–Crippen MR) is 146 cm³/mol. The molecule has 206 valence electrons. The zero-order valence-electron chi connectivity index (χ0n) is 22.0. The third-order valence-electron chi connectivity index (χ3n) is 6.47. The van der Waals surface area contributed by atoms with Crippen LogP contribution in [-0.4, -0.2) is 75.9 Å². The third-order valence-corrected chi connectivity index (χ3v) is 9.25. The fraction of sp³-hybridized carbons (Fsp3) is 0.577. The van der Waals surface area contributed by atoms with Crippen LogP contribution < -0.4 is 14.8 Å². The molecule has 2 heterocycles. The van der Waals surface area contributed by atoms with E-state index < -0.39 is 16.1 Å². The fourth-order valence-corrected chi connectivity index (χ4v) is 6.34. The number of benzene rings is 1. The number of nitrogens with one attached hydrogen (secondary N) is 2. The number of rotatable bonds is 7. The number of carbonyl (C=O) groups is 1. The summed E-state index contributed by atoms with van der Waals surface area (Å²) >= 11 is 1.11. The van der Waals surface area contributed by atoms with Gasteiger partial charge in [-0.15, -0.1) is 11.3 Å². The van der Waals surface area contributed by atoms with Gasteiger partial charge >= 0.3 is 0 Å². The summed E-state index contributed by atoms with van der Waals surface area (Å²) in [5, 5.41) is 14.8. The largest absolute Gasteiger partial charge is 0.490 e. The molecule has 1 aromatic heterocycles. The summed E-state index contributed by atoms with van der Waals surface area (Å²) in [6.45, 7) is 7.17. The molecule has 0 spiro atoms. The Morgan fingerprint density at radius 2 is 2.03 bits per heavy atom. The average Bonchev–Trinajstić information content (AvgIpc) is 3.42. The maximum absolute atomic E-state index is 14.0. The number of aliphatic hydroxyl groups is 1. The van der Waals surface area contributed by atoms with Gasteiger partial charge in [0.1, 0.15) is 9.96 Å². The number of fused-ring (bicyclic) bond motifs is 1. The molecule has 9 nitrogen and oxygen atoms in total. The van der Waals surface area contributed by atoms with Crippen molar-refractivity contribution in [1.82, 2.24) is 10.2 Å². The predicted octanol–water partition coefficient (Wildman–Crippen LogP) is 3.56. The molecule has 0 fully saturated rings. The van der Waals surface area contributed by atoms with Crippen molar-refractivity contribution in [2.45, 2.75) is 62.5 Å². The lowest BCUT2D eigenvalue weighted by molar-refractivity contribution is -0.000450. The van der Waals surface area contributed by atoms with Crippen molar-refractivity contribution in [3.63, 3.8) is 0 Å². The molecule has 3 rings (SSSR count). The minimum Gasteiger partial charge on any atom is -0.490 e. The van der Waals surface area contributed by atoms with E-state index in [4.69, 9.17) is 9.47 Å². The minimum atomic E-state index is -3.79. The maximum atomic E-state index is 14.0. The van der Waals surface area contributed by atoms with Crippen molar-refractivity contribution in [2.75, 3.05) is 38.1 Å². The molecular weight excluding hydrogens is 514 g/mol. The standard InChI is InChI=1S/C26H39N3O6S2/c1-18-16-29(19(2)17-30)26(31)22-14-21(28-37(32,33)25-9-7-13-36-25)10-11-23(22)35-20(3)8-5-6-12-34-24(18)15-27-4/h7,9-11,13-14,18-20,24,27-28,30H,5-6,8,12,15-17H2,1-4H3/t18-,19+,20-,24+/m0/s1. The van der Waals surface area contributed by atoms with Gasteiger partial charge in [0.2, 0.25) is 0 Å². The van der Waals surface area contributed by atoms with Gasteiger partial charge in [-0.2, -0.15) is 0 Å². The molecule has 2 aromatic rings. The van der Waals surface area contributed by atoms with Crippen LogP contribution in [0.2, 0.25) is 0 Å². The molecule has 1 amide bonds. The van der Waals surface area contributed by atoms with Crippen LogP contribution in [0, 0.1) is 5.92 Å². The Kier molecular flexibility index (Phi) is 10.8. The van der Waals surface area contributed by atoms with Gasteiger partial charge in [0.25, 0.3) is 15.9 Å². The molecule has 1 aliphatic rings. The molecule has 11 heteroatoms. The number of aliphatic hydroxyl groups excluding tert-OH is 1. The molecule has 0 unspecified atom stereocenters. The Balaban J connectivity index is 2.01. The molecule has 0 bridgehead atoms. The lowest BCUT2D eigenvalue weighted by Gasteiger charge is -2.34. The first-order chi connectivity index (χ1) is 17.7. The van der Waals surface area contributed by atoms with Crippen molar-refractivity contribution < 1.29 is 27.8 Å². The number of thiophene rings is 1. The van der Waals surface area contributed by atoms with E-state index in [-0.39, 0.29) is 46.1 Å². The number of anilines is 1. The van der Waals surface area contributed by atoms with Crippen LogP contribution in [0.25, 0.3) is 0 Å². The second-order valence-corrected chi connectivity index (χ2v) is 12.5. The molecule has 0 radical (unpaired) electrons. The Hall–Kier alpha value is -2.18. The first-order valence-electron chi connectivity index (χ1n) is 12.7. The van der Waals surface area contributed by atoms with Gasteiger partial charge in [0, 0.05) is 31.3 Å². The number of nitrogens with zero attached hydrogens (tertiary/aromatic N) is 1. The Bertz CT molecular complexity index is 1110. The number of ether oxygens (including phenoxy) is 2. The van der Waals surface area contributed by atoms with E-state index in [1.807, 2.05) is 20.9 Å². The summed E-state index contributed by atoms with van der Waals surface area (Å²) in [6, 6.07) is 7.49. The van der Waals surface area contributed by atoms with Gasteiger partial charge in [-0.1, -0.05) is 13.0 Å². The van der Waals surface area contributed by atoms with Crippen LogP contribution in [-0.2, 0) is 14.8 Å². The Morgan fingerprint density at radius 1 is 1.24 bits per heavy atom. The van der Waals surface area contributed by atoms with Crippen molar-refractivity contribution >= 4 is 33.0 Å². The van der Waals surface area contributed by atoms with E-state index >= 15 is 0 Å². The molecular formula is C26H39N3O6S2. The van der Waals surface area contributed by atoms with Crippen LogP contribution in [0.15, 0.2) is 39.9 Å². The monoisotopic (exact) mass is 553 g/mol. The number of likely N-dealkylation sites (N-methyl/N-ethyl adjacent to an activating group) is 1. The van der Waals surface area contributed by atoms with Crippen LogP contribution in [0.4, 0.5) is 5.69 Å². The molecule has 0 aliphatic carbocycles. The van der Waals surface area contributed by atoms with E-state index in [1.165, 1.54) is 12.1 Å².